The quantitative estimate of drug-likeness (QED) is 0.790. The zero-order valence-electron chi connectivity index (χ0n) is 12.1. The van der Waals surface area contributed by atoms with Crippen LogP contribution in [0.4, 0.5) is 0 Å². The number of carbonyl (C=O) groups is 1. The van der Waals surface area contributed by atoms with Crippen molar-refractivity contribution < 1.29 is 9.53 Å². The Bertz CT molecular complexity index is 272. The molecule has 0 radical (unpaired) electrons. The summed E-state index contributed by atoms with van der Waals surface area (Å²) in [4.78, 5) is 16.4. The van der Waals surface area contributed by atoms with Gasteiger partial charge < -0.3 is 15.0 Å². The third-order valence-electron chi connectivity index (χ3n) is 3.92. The van der Waals surface area contributed by atoms with Crippen LogP contribution in [-0.2, 0) is 9.53 Å². The fourth-order valence-corrected chi connectivity index (χ4v) is 2.88. The Hall–Kier alpha value is -0.650. The van der Waals surface area contributed by atoms with Crippen LogP contribution < -0.4 is 5.32 Å². The Morgan fingerprint density at radius 3 is 3.05 bits per heavy atom. The van der Waals surface area contributed by atoms with Crippen LogP contribution in [0, 0.1) is 5.92 Å². The summed E-state index contributed by atoms with van der Waals surface area (Å²) in [5, 5.41) is 3.33. The van der Waals surface area contributed by atoms with Crippen molar-refractivity contribution in [3.8, 4) is 0 Å². The standard InChI is InChI=1S/C14H27N3O2/c1-16(10-13-4-2-9-19-12-13)11-14(18)17-7-3-5-15-6-8-17/h13,15H,2-12H2,1H3. The van der Waals surface area contributed by atoms with E-state index in [9.17, 15) is 4.79 Å². The van der Waals surface area contributed by atoms with Crippen LogP contribution in [0.2, 0.25) is 0 Å². The fourth-order valence-electron chi connectivity index (χ4n) is 2.88. The largest absolute Gasteiger partial charge is 0.381 e. The van der Waals surface area contributed by atoms with Gasteiger partial charge in [0, 0.05) is 32.8 Å². The molecule has 1 amide bonds. The molecule has 2 fully saturated rings. The summed E-state index contributed by atoms with van der Waals surface area (Å²) in [5.74, 6) is 0.861. The molecule has 1 N–H and O–H groups in total. The van der Waals surface area contributed by atoms with Crippen molar-refractivity contribution in [1.82, 2.24) is 15.1 Å². The van der Waals surface area contributed by atoms with Crippen LogP contribution >= 0.6 is 0 Å². The molecular weight excluding hydrogens is 242 g/mol. The van der Waals surface area contributed by atoms with Crippen LogP contribution in [0.5, 0.6) is 0 Å². The average Bonchev–Trinajstić information content (AvgIpc) is 2.68. The number of hydrogen-bond acceptors (Lipinski definition) is 4. The lowest BCUT2D eigenvalue weighted by Gasteiger charge is -2.28. The summed E-state index contributed by atoms with van der Waals surface area (Å²) >= 11 is 0. The molecule has 0 bridgehead atoms. The van der Waals surface area contributed by atoms with Crippen LogP contribution in [0.1, 0.15) is 19.3 Å². The summed E-state index contributed by atoms with van der Waals surface area (Å²) in [6, 6.07) is 0. The Labute approximate surface area is 116 Å². The predicted octanol–water partition coefficient (Wildman–Crippen LogP) is 0.167. The number of nitrogens with one attached hydrogen (secondary N) is 1. The molecule has 1 atom stereocenters. The number of rotatable bonds is 4. The summed E-state index contributed by atoms with van der Waals surface area (Å²) in [5.41, 5.74) is 0. The van der Waals surface area contributed by atoms with E-state index >= 15 is 0 Å². The molecule has 2 aliphatic heterocycles. The van der Waals surface area contributed by atoms with E-state index in [2.05, 4.69) is 10.2 Å². The minimum Gasteiger partial charge on any atom is -0.381 e. The van der Waals surface area contributed by atoms with E-state index in [0.29, 0.717) is 12.5 Å². The summed E-state index contributed by atoms with van der Waals surface area (Å²) in [6.07, 6.45) is 3.45. The zero-order chi connectivity index (χ0) is 13.5. The normalized spacial score (nSPS) is 25.4. The highest BCUT2D eigenvalue weighted by Gasteiger charge is 2.20. The number of likely N-dealkylation sites (N-methyl/N-ethyl adjacent to an activating group) is 1. The highest BCUT2D eigenvalue weighted by Crippen LogP contribution is 2.14. The fraction of sp³-hybridized carbons (Fsp3) is 0.929. The van der Waals surface area contributed by atoms with Crippen molar-refractivity contribution in [2.75, 3.05) is 59.5 Å². The Morgan fingerprint density at radius 1 is 1.37 bits per heavy atom. The zero-order valence-corrected chi connectivity index (χ0v) is 12.1. The topological polar surface area (TPSA) is 44.8 Å². The lowest BCUT2D eigenvalue weighted by Crippen LogP contribution is -2.42. The van der Waals surface area contributed by atoms with Gasteiger partial charge in [0.25, 0.3) is 0 Å². The number of ether oxygens (including phenoxy) is 1. The first-order valence-electron chi connectivity index (χ1n) is 7.50. The number of hydrogen-bond donors (Lipinski definition) is 1. The predicted molar refractivity (Wildman–Crippen MR) is 75.1 cm³/mol. The summed E-state index contributed by atoms with van der Waals surface area (Å²) < 4.78 is 5.49. The van der Waals surface area contributed by atoms with Gasteiger partial charge in [-0.2, -0.15) is 0 Å². The molecule has 0 aromatic rings. The van der Waals surface area contributed by atoms with Crippen molar-refractivity contribution in [3.05, 3.63) is 0 Å². The molecule has 5 nitrogen and oxygen atoms in total. The molecule has 110 valence electrons. The monoisotopic (exact) mass is 269 g/mol. The first kappa shape index (κ1) is 14.8. The molecule has 0 spiro atoms. The van der Waals surface area contributed by atoms with Crippen molar-refractivity contribution >= 4 is 5.91 Å². The van der Waals surface area contributed by atoms with Crippen molar-refractivity contribution in [2.24, 2.45) is 5.92 Å². The first-order valence-corrected chi connectivity index (χ1v) is 7.50. The average molecular weight is 269 g/mol. The Morgan fingerprint density at radius 2 is 2.26 bits per heavy atom. The Kier molecular flexibility index (Phi) is 6.07. The van der Waals surface area contributed by atoms with E-state index in [0.717, 1.165) is 58.8 Å². The maximum Gasteiger partial charge on any atom is 0.236 e. The number of nitrogens with zero attached hydrogens (tertiary/aromatic N) is 2. The van der Waals surface area contributed by atoms with Gasteiger partial charge in [-0.15, -0.1) is 0 Å². The molecule has 5 heteroatoms. The van der Waals surface area contributed by atoms with Crippen molar-refractivity contribution in [1.29, 1.82) is 0 Å². The van der Waals surface area contributed by atoms with Crippen LogP contribution in [0.15, 0.2) is 0 Å². The van der Waals surface area contributed by atoms with Gasteiger partial charge in [-0.1, -0.05) is 0 Å². The second-order valence-electron chi connectivity index (χ2n) is 5.76. The molecular formula is C14H27N3O2. The summed E-state index contributed by atoms with van der Waals surface area (Å²) in [7, 11) is 2.04. The van der Waals surface area contributed by atoms with E-state index in [1.165, 1.54) is 6.42 Å². The van der Waals surface area contributed by atoms with Crippen LogP contribution in [0.3, 0.4) is 0 Å². The van der Waals surface area contributed by atoms with Gasteiger partial charge in [0.2, 0.25) is 5.91 Å². The van der Waals surface area contributed by atoms with Crippen LogP contribution in [-0.4, -0.2) is 75.2 Å². The van der Waals surface area contributed by atoms with Gasteiger partial charge in [-0.25, -0.2) is 0 Å². The highest BCUT2D eigenvalue weighted by molar-refractivity contribution is 5.78. The SMILES string of the molecule is CN(CC(=O)N1CCCNCC1)CC1CCCOC1. The van der Waals surface area contributed by atoms with E-state index in [1.54, 1.807) is 0 Å². The van der Waals surface area contributed by atoms with E-state index in [1.807, 2.05) is 11.9 Å². The van der Waals surface area contributed by atoms with Gasteiger partial charge >= 0.3 is 0 Å². The first-order chi connectivity index (χ1) is 9.25. The van der Waals surface area contributed by atoms with Crippen molar-refractivity contribution in [2.45, 2.75) is 19.3 Å². The third kappa shape index (κ3) is 5.09. The molecule has 0 aliphatic carbocycles. The minimum atomic E-state index is 0.267. The molecule has 1 unspecified atom stereocenters. The lowest BCUT2D eigenvalue weighted by atomic mass is 10.0. The third-order valence-corrected chi connectivity index (χ3v) is 3.92. The summed E-state index contributed by atoms with van der Waals surface area (Å²) in [6.45, 7) is 6.96. The van der Waals surface area contributed by atoms with Crippen molar-refractivity contribution in [3.63, 3.8) is 0 Å². The molecule has 2 rings (SSSR count). The second kappa shape index (κ2) is 7.82. The maximum atomic E-state index is 12.2. The van der Waals surface area contributed by atoms with Gasteiger partial charge in [0.15, 0.2) is 0 Å². The van der Waals surface area contributed by atoms with E-state index in [-0.39, 0.29) is 5.91 Å². The second-order valence-corrected chi connectivity index (χ2v) is 5.76. The number of carbonyl (C=O) groups excluding carboxylic acids is 1. The van der Waals surface area contributed by atoms with Crippen LogP contribution in [0.25, 0.3) is 0 Å². The van der Waals surface area contributed by atoms with Gasteiger partial charge in [-0.3, -0.25) is 9.69 Å². The highest BCUT2D eigenvalue weighted by atomic mass is 16.5. The molecule has 2 heterocycles. The van der Waals surface area contributed by atoms with Gasteiger partial charge in [-0.05, 0) is 38.8 Å². The molecule has 0 saturated carbocycles. The lowest BCUT2D eigenvalue weighted by molar-refractivity contribution is -0.132. The smallest absolute Gasteiger partial charge is 0.236 e. The molecule has 2 saturated heterocycles. The molecule has 0 aromatic heterocycles. The molecule has 0 aromatic carbocycles. The van der Waals surface area contributed by atoms with E-state index in [4.69, 9.17) is 4.74 Å². The van der Waals surface area contributed by atoms with Gasteiger partial charge in [0.05, 0.1) is 13.2 Å². The maximum absolute atomic E-state index is 12.2. The van der Waals surface area contributed by atoms with E-state index < -0.39 is 0 Å². The Balaban J connectivity index is 1.70. The molecule has 2 aliphatic rings. The molecule has 19 heavy (non-hydrogen) atoms. The minimum absolute atomic E-state index is 0.267. The number of amides is 1. The van der Waals surface area contributed by atoms with Gasteiger partial charge in [0.1, 0.15) is 0 Å².